The first-order valence-corrected chi connectivity index (χ1v) is 8.30. The van der Waals surface area contributed by atoms with Crippen LogP contribution in [0.3, 0.4) is 0 Å². The second-order valence-corrected chi connectivity index (χ2v) is 7.63. The minimum atomic E-state index is 0.396. The number of hydrogen-bond donors (Lipinski definition) is 0. The summed E-state index contributed by atoms with van der Waals surface area (Å²) in [6.07, 6.45) is 5.53. The molecule has 0 aliphatic heterocycles. The Morgan fingerprint density at radius 3 is 1.90 bits per heavy atom. The minimum absolute atomic E-state index is 0.396. The summed E-state index contributed by atoms with van der Waals surface area (Å²) in [5.41, 5.74) is 1.26. The van der Waals surface area contributed by atoms with Crippen molar-refractivity contribution >= 4 is 23.2 Å². The van der Waals surface area contributed by atoms with Gasteiger partial charge in [-0.25, -0.2) is 9.97 Å². The van der Waals surface area contributed by atoms with Crippen molar-refractivity contribution in [3.63, 3.8) is 0 Å². The Labute approximate surface area is 132 Å². The fourth-order valence-corrected chi connectivity index (χ4v) is 3.81. The maximum absolute atomic E-state index is 6.22. The highest BCUT2D eigenvalue weighted by Crippen LogP contribution is 2.42. The van der Waals surface area contributed by atoms with Crippen molar-refractivity contribution in [3.8, 4) is 0 Å². The quantitative estimate of drug-likeness (QED) is 0.658. The molecule has 0 unspecified atom stereocenters. The largest absolute Gasteiger partial charge is 0.221 e. The van der Waals surface area contributed by atoms with Crippen molar-refractivity contribution in [1.29, 1.82) is 0 Å². The van der Waals surface area contributed by atoms with Crippen LogP contribution in [0.2, 0.25) is 10.3 Å². The van der Waals surface area contributed by atoms with Crippen LogP contribution in [0.1, 0.15) is 70.7 Å². The first kappa shape index (κ1) is 16.0. The van der Waals surface area contributed by atoms with Crippen molar-refractivity contribution in [2.75, 3.05) is 0 Å². The Balaban J connectivity index is 2.11. The molecule has 0 bridgehead atoms. The molecule has 2 nitrogen and oxygen atoms in total. The smallest absolute Gasteiger partial charge is 0.137 e. The van der Waals surface area contributed by atoms with Gasteiger partial charge in [-0.3, -0.25) is 0 Å². The number of aromatic nitrogens is 2. The van der Waals surface area contributed by atoms with Gasteiger partial charge in [0.2, 0.25) is 0 Å². The van der Waals surface area contributed by atoms with Gasteiger partial charge in [0.05, 0.1) is 0 Å². The van der Waals surface area contributed by atoms with Crippen LogP contribution in [0.25, 0.3) is 0 Å². The van der Waals surface area contributed by atoms with Crippen LogP contribution >= 0.6 is 23.2 Å². The zero-order chi connectivity index (χ0) is 14.9. The molecule has 1 fully saturated rings. The second kappa shape index (κ2) is 6.19. The molecule has 0 spiro atoms. The molecule has 1 aliphatic rings. The Morgan fingerprint density at radius 1 is 1.00 bits per heavy atom. The third kappa shape index (κ3) is 3.46. The topological polar surface area (TPSA) is 25.8 Å². The molecule has 1 aliphatic carbocycles. The fraction of sp³-hybridized carbons (Fsp3) is 0.750. The molecule has 0 saturated heterocycles. The summed E-state index contributed by atoms with van der Waals surface area (Å²) in [4.78, 5) is 8.97. The Hall–Kier alpha value is -0.340. The van der Waals surface area contributed by atoms with E-state index >= 15 is 0 Å². The Morgan fingerprint density at radius 2 is 1.50 bits per heavy atom. The van der Waals surface area contributed by atoms with Gasteiger partial charge >= 0.3 is 0 Å². The van der Waals surface area contributed by atoms with Crippen LogP contribution in [0.5, 0.6) is 0 Å². The standard InChI is InChI=1S/C16H24Cl2N2/c1-5-12-13(17)19-15(20-14(12)18)10-6-8-11(9-7-10)16(2,3)4/h10-11H,5-9H2,1-4H3. The van der Waals surface area contributed by atoms with Gasteiger partial charge in [-0.15, -0.1) is 0 Å². The molecule has 4 heteroatoms. The second-order valence-electron chi connectivity index (χ2n) is 6.91. The summed E-state index contributed by atoms with van der Waals surface area (Å²) in [6.45, 7) is 9.01. The lowest BCUT2D eigenvalue weighted by Gasteiger charge is -2.36. The van der Waals surface area contributed by atoms with E-state index in [-0.39, 0.29) is 0 Å². The predicted octanol–water partition coefficient (Wildman–Crippen LogP) is 5.67. The molecular weight excluding hydrogens is 291 g/mol. The van der Waals surface area contributed by atoms with E-state index in [9.17, 15) is 0 Å². The SMILES string of the molecule is CCc1c(Cl)nc(C2CCC(C(C)(C)C)CC2)nc1Cl. The van der Waals surface area contributed by atoms with Gasteiger partial charge in [0.25, 0.3) is 0 Å². The van der Waals surface area contributed by atoms with E-state index < -0.39 is 0 Å². The molecule has 1 aromatic rings. The van der Waals surface area contributed by atoms with Gasteiger partial charge in [0.15, 0.2) is 0 Å². The van der Waals surface area contributed by atoms with Gasteiger partial charge in [-0.2, -0.15) is 0 Å². The van der Waals surface area contributed by atoms with E-state index in [0.29, 0.717) is 21.6 Å². The average Bonchev–Trinajstić information content (AvgIpc) is 2.37. The molecule has 1 aromatic heterocycles. The molecule has 0 atom stereocenters. The molecule has 1 saturated carbocycles. The summed E-state index contributed by atoms with van der Waals surface area (Å²) < 4.78 is 0. The molecule has 0 amide bonds. The summed E-state index contributed by atoms with van der Waals surface area (Å²) in [6, 6.07) is 0. The molecule has 2 rings (SSSR count). The molecule has 0 aromatic carbocycles. The summed E-state index contributed by atoms with van der Waals surface area (Å²) >= 11 is 12.4. The van der Waals surface area contributed by atoms with Crippen molar-refractivity contribution in [3.05, 3.63) is 21.7 Å². The third-order valence-electron chi connectivity index (χ3n) is 4.59. The summed E-state index contributed by atoms with van der Waals surface area (Å²) in [5, 5.41) is 1.06. The summed E-state index contributed by atoms with van der Waals surface area (Å²) in [7, 11) is 0. The zero-order valence-corrected chi connectivity index (χ0v) is 14.4. The van der Waals surface area contributed by atoms with Crippen LogP contribution in [0, 0.1) is 11.3 Å². The lowest BCUT2D eigenvalue weighted by Crippen LogP contribution is -2.25. The number of nitrogens with zero attached hydrogens (tertiary/aromatic N) is 2. The predicted molar refractivity (Wildman–Crippen MR) is 85.6 cm³/mol. The molecular formula is C16H24Cl2N2. The van der Waals surface area contributed by atoms with Crippen molar-refractivity contribution in [2.45, 2.75) is 65.7 Å². The first-order valence-electron chi connectivity index (χ1n) is 7.54. The first-order chi connectivity index (χ1) is 9.32. The molecule has 112 valence electrons. The lowest BCUT2D eigenvalue weighted by molar-refractivity contribution is 0.167. The number of rotatable bonds is 2. The maximum Gasteiger partial charge on any atom is 0.137 e. The van der Waals surface area contributed by atoms with Gasteiger partial charge in [-0.1, -0.05) is 50.9 Å². The van der Waals surface area contributed by atoms with E-state index in [1.807, 2.05) is 6.92 Å². The highest BCUT2D eigenvalue weighted by molar-refractivity contribution is 6.34. The maximum atomic E-state index is 6.22. The van der Waals surface area contributed by atoms with Gasteiger partial charge in [0, 0.05) is 11.5 Å². The van der Waals surface area contributed by atoms with Crippen molar-refractivity contribution in [1.82, 2.24) is 9.97 Å². The van der Waals surface area contributed by atoms with Crippen molar-refractivity contribution in [2.24, 2.45) is 11.3 Å². The lowest BCUT2D eigenvalue weighted by atomic mass is 9.70. The molecule has 0 N–H and O–H groups in total. The van der Waals surface area contributed by atoms with Gasteiger partial charge in [-0.05, 0) is 43.4 Å². The van der Waals surface area contributed by atoms with Crippen LogP contribution in [-0.4, -0.2) is 9.97 Å². The van der Waals surface area contributed by atoms with Gasteiger partial charge < -0.3 is 0 Å². The Bertz CT molecular complexity index is 449. The average molecular weight is 315 g/mol. The van der Waals surface area contributed by atoms with Crippen molar-refractivity contribution < 1.29 is 0 Å². The van der Waals surface area contributed by atoms with E-state index in [1.54, 1.807) is 0 Å². The summed E-state index contributed by atoms with van der Waals surface area (Å²) in [5.74, 6) is 2.04. The number of halogens is 2. The van der Waals surface area contributed by atoms with Crippen LogP contribution in [0.15, 0.2) is 0 Å². The van der Waals surface area contributed by atoms with E-state index in [4.69, 9.17) is 23.2 Å². The van der Waals surface area contributed by atoms with Crippen LogP contribution in [0.4, 0.5) is 0 Å². The number of hydrogen-bond acceptors (Lipinski definition) is 2. The highest BCUT2D eigenvalue weighted by atomic mass is 35.5. The highest BCUT2D eigenvalue weighted by Gasteiger charge is 2.31. The molecule has 20 heavy (non-hydrogen) atoms. The third-order valence-corrected chi connectivity index (χ3v) is 5.22. The fourth-order valence-electron chi connectivity index (χ4n) is 3.14. The Kier molecular flexibility index (Phi) is 4.96. The molecule has 0 radical (unpaired) electrons. The monoisotopic (exact) mass is 314 g/mol. The zero-order valence-electron chi connectivity index (χ0n) is 12.8. The normalized spacial score (nSPS) is 23.9. The minimum Gasteiger partial charge on any atom is -0.221 e. The van der Waals surface area contributed by atoms with Gasteiger partial charge in [0.1, 0.15) is 16.1 Å². The van der Waals surface area contributed by atoms with Crippen LogP contribution < -0.4 is 0 Å². The molecule has 1 heterocycles. The van der Waals surface area contributed by atoms with E-state index in [2.05, 4.69) is 30.7 Å². The van der Waals surface area contributed by atoms with Crippen LogP contribution in [-0.2, 0) is 6.42 Å². The van der Waals surface area contributed by atoms with E-state index in [1.165, 1.54) is 12.8 Å². The van der Waals surface area contributed by atoms with E-state index in [0.717, 1.165) is 36.6 Å².